The monoisotopic (exact) mass is 281 g/mol. The summed E-state index contributed by atoms with van der Waals surface area (Å²) < 4.78 is 0. The van der Waals surface area contributed by atoms with E-state index >= 15 is 0 Å². The second-order valence-corrected chi connectivity index (χ2v) is 7.04. The van der Waals surface area contributed by atoms with Crippen molar-refractivity contribution in [3.63, 3.8) is 0 Å². The summed E-state index contributed by atoms with van der Waals surface area (Å²) in [7, 11) is 2.22. The molecule has 0 saturated heterocycles. The molecule has 1 atom stereocenters. The summed E-state index contributed by atoms with van der Waals surface area (Å²) in [5, 5.41) is 0. The van der Waals surface area contributed by atoms with Crippen LogP contribution in [0, 0.1) is 18.8 Å². The van der Waals surface area contributed by atoms with Crippen LogP contribution < -0.4 is 5.73 Å². The lowest BCUT2D eigenvalue weighted by molar-refractivity contribution is 0.130. The number of thiazole rings is 1. The van der Waals surface area contributed by atoms with Gasteiger partial charge in [-0.1, -0.05) is 19.8 Å². The molecular formula is C15H27N3S. The van der Waals surface area contributed by atoms with Gasteiger partial charge >= 0.3 is 0 Å². The van der Waals surface area contributed by atoms with Crippen LogP contribution in [0.2, 0.25) is 0 Å². The maximum Gasteiger partial charge on any atom is 0.0798 e. The third-order valence-electron chi connectivity index (χ3n) is 4.65. The predicted octanol–water partition coefficient (Wildman–Crippen LogP) is 3.04. The van der Waals surface area contributed by atoms with E-state index in [4.69, 9.17) is 5.73 Å². The van der Waals surface area contributed by atoms with Crippen molar-refractivity contribution in [2.75, 3.05) is 13.6 Å². The van der Waals surface area contributed by atoms with E-state index in [-0.39, 0.29) is 0 Å². The molecule has 1 aromatic heterocycles. The van der Waals surface area contributed by atoms with Crippen molar-refractivity contribution >= 4 is 11.3 Å². The van der Waals surface area contributed by atoms with Gasteiger partial charge in [-0.3, -0.25) is 4.90 Å². The second kappa shape index (κ2) is 6.82. The van der Waals surface area contributed by atoms with Crippen LogP contribution in [-0.2, 0) is 6.54 Å². The smallest absolute Gasteiger partial charge is 0.0798 e. The lowest BCUT2D eigenvalue weighted by atomic mass is 9.79. The molecule has 1 saturated carbocycles. The van der Waals surface area contributed by atoms with Gasteiger partial charge in [0.05, 0.1) is 11.2 Å². The summed E-state index contributed by atoms with van der Waals surface area (Å²) in [5.74, 6) is 1.68. The number of hydrogen-bond acceptors (Lipinski definition) is 4. The first kappa shape index (κ1) is 14.9. The summed E-state index contributed by atoms with van der Waals surface area (Å²) in [6.45, 7) is 6.23. The Kier molecular flexibility index (Phi) is 5.37. The van der Waals surface area contributed by atoms with Crippen molar-refractivity contribution in [2.45, 2.75) is 52.1 Å². The minimum atomic E-state index is 0.522. The third-order valence-corrected chi connectivity index (χ3v) is 5.57. The van der Waals surface area contributed by atoms with E-state index in [2.05, 4.69) is 30.8 Å². The summed E-state index contributed by atoms with van der Waals surface area (Å²) in [6.07, 6.45) is 5.42. The van der Waals surface area contributed by atoms with Crippen LogP contribution in [0.4, 0.5) is 0 Å². The van der Waals surface area contributed by atoms with Crippen molar-refractivity contribution in [1.82, 2.24) is 9.88 Å². The molecule has 2 rings (SSSR count). The molecule has 2 N–H and O–H groups in total. The van der Waals surface area contributed by atoms with Crippen LogP contribution in [-0.4, -0.2) is 29.5 Å². The topological polar surface area (TPSA) is 42.2 Å². The van der Waals surface area contributed by atoms with Gasteiger partial charge in [0, 0.05) is 24.0 Å². The molecule has 1 aromatic rings. The van der Waals surface area contributed by atoms with Crippen molar-refractivity contribution < 1.29 is 0 Å². The zero-order valence-electron chi connectivity index (χ0n) is 12.4. The average Bonchev–Trinajstić information content (AvgIpc) is 2.78. The molecule has 0 spiro atoms. The fourth-order valence-electron chi connectivity index (χ4n) is 3.22. The Labute approximate surface area is 121 Å². The van der Waals surface area contributed by atoms with Gasteiger partial charge in [0.2, 0.25) is 0 Å². The van der Waals surface area contributed by atoms with Gasteiger partial charge in [-0.25, -0.2) is 4.98 Å². The summed E-state index contributed by atoms with van der Waals surface area (Å²) >= 11 is 1.76. The summed E-state index contributed by atoms with van der Waals surface area (Å²) in [5.41, 5.74) is 9.17. The normalized spacial score (nSPS) is 25.7. The van der Waals surface area contributed by atoms with Gasteiger partial charge in [-0.2, -0.15) is 0 Å². The van der Waals surface area contributed by atoms with E-state index in [1.54, 1.807) is 11.3 Å². The first-order valence-electron chi connectivity index (χ1n) is 7.41. The molecular weight excluding hydrogens is 254 g/mol. The lowest BCUT2D eigenvalue weighted by Gasteiger charge is -2.37. The van der Waals surface area contributed by atoms with Gasteiger partial charge < -0.3 is 5.73 Å². The fraction of sp³-hybridized carbons (Fsp3) is 0.800. The largest absolute Gasteiger partial charge is 0.329 e. The van der Waals surface area contributed by atoms with E-state index in [9.17, 15) is 0 Å². The number of nitrogens with two attached hydrogens (primary N) is 1. The van der Waals surface area contributed by atoms with Gasteiger partial charge in [-0.05, 0) is 38.6 Å². The average molecular weight is 281 g/mol. The van der Waals surface area contributed by atoms with Gasteiger partial charge in [0.25, 0.3) is 0 Å². The number of likely N-dealkylation sites (N-methyl/N-ethyl adjacent to an activating group) is 1. The zero-order valence-corrected chi connectivity index (χ0v) is 13.2. The van der Waals surface area contributed by atoms with Gasteiger partial charge in [0.15, 0.2) is 0 Å². The Hall–Kier alpha value is -0.450. The number of aromatic nitrogens is 1. The first-order chi connectivity index (χ1) is 9.11. The minimum absolute atomic E-state index is 0.522. The van der Waals surface area contributed by atoms with Crippen molar-refractivity contribution in [3.8, 4) is 0 Å². The molecule has 0 radical (unpaired) electrons. The summed E-state index contributed by atoms with van der Waals surface area (Å²) in [6, 6.07) is 0.522. The van der Waals surface area contributed by atoms with Crippen LogP contribution in [0.5, 0.6) is 0 Å². The van der Waals surface area contributed by atoms with E-state index in [1.807, 2.05) is 5.51 Å². The molecule has 0 aliphatic heterocycles. The van der Waals surface area contributed by atoms with Crippen LogP contribution in [0.25, 0.3) is 0 Å². The van der Waals surface area contributed by atoms with Crippen molar-refractivity contribution in [3.05, 3.63) is 16.1 Å². The molecule has 0 bridgehead atoms. The van der Waals surface area contributed by atoms with Gasteiger partial charge in [-0.15, -0.1) is 11.3 Å². The highest BCUT2D eigenvalue weighted by Gasteiger charge is 2.28. The molecule has 1 unspecified atom stereocenters. The molecule has 0 aromatic carbocycles. The highest BCUT2D eigenvalue weighted by atomic mass is 32.1. The molecule has 1 aliphatic rings. The van der Waals surface area contributed by atoms with E-state index in [1.165, 1.54) is 36.3 Å². The maximum atomic E-state index is 6.05. The Bertz CT molecular complexity index is 382. The predicted molar refractivity (Wildman–Crippen MR) is 82.3 cm³/mol. The molecule has 1 aliphatic carbocycles. The maximum absolute atomic E-state index is 6.05. The zero-order chi connectivity index (χ0) is 13.8. The first-order valence-corrected chi connectivity index (χ1v) is 8.29. The van der Waals surface area contributed by atoms with Crippen LogP contribution in [0.3, 0.4) is 0 Å². The highest BCUT2D eigenvalue weighted by Crippen LogP contribution is 2.32. The highest BCUT2D eigenvalue weighted by molar-refractivity contribution is 7.09. The van der Waals surface area contributed by atoms with Crippen LogP contribution in [0.15, 0.2) is 5.51 Å². The Balaban J connectivity index is 1.95. The molecule has 108 valence electrons. The molecule has 1 heterocycles. The lowest BCUT2D eigenvalue weighted by Crippen LogP contribution is -2.44. The van der Waals surface area contributed by atoms with Crippen molar-refractivity contribution in [2.24, 2.45) is 17.6 Å². The molecule has 0 amide bonds. The van der Waals surface area contributed by atoms with Gasteiger partial charge in [0.1, 0.15) is 0 Å². The Morgan fingerprint density at radius 3 is 2.63 bits per heavy atom. The minimum Gasteiger partial charge on any atom is -0.329 e. The Morgan fingerprint density at radius 2 is 2.11 bits per heavy atom. The number of nitrogens with zero attached hydrogens (tertiary/aromatic N) is 2. The fourth-order valence-corrected chi connectivity index (χ4v) is 4.06. The van der Waals surface area contributed by atoms with E-state index in [0.717, 1.165) is 24.9 Å². The summed E-state index contributed by atoms with van der Waals surface area (Å²) in [4.78, 5) is 8.16. The second-order valence-electron chi connectivity index (χ2n) is 6.10. The molecule has 19 heavy (non-hydrogen) atoms. The number of rotatable bonds is 5. The van der Waals surface area contributed by atoms with Crippen LogP contribution in [0.1, 0.15) is 43.2 Å². The number of hydrogen-bond donors (Lipinski definition) is 1. The van der Waals surface area contributed by atoms with Crippen LogP contribution >= 0.6 is 11.3 Å². The Morgan fingerprint density at radius 1 is 1.42 bits per heavy atom. The van der Waals surface area contributed by atoms with Crippen molar-refractivity contribution in [1.29, 1.82) is 0 Å². The molecule has 4 heteroatoms. The SMILES string of the molecule is Cc1ncsc1CN(C)C(CN)C1CCC(C)CC1. The van der Waals surface area contributed by atoms with E-state index < -0.39 is 0 Å². The standard InChI is InChI=1S/C15H27N3S/c1-11-4-6-13(7-5-11)14(8-16)18(3)9-15-12(2)17-10-19-15/h10-11,13-14H,4-9,16H2,1-3H3. The number of aryl methyl sites for hydroxylation is 1. The van der Waals surface area contributed by atoms with E-state index in [0.29, 0.717) is 6.04 Å². The quantitative estimate of drug-likeness (QED) is 0.902. The third kappa shape index (κ3) is 3.77. The molecule has 3 nitrogen and oxygen atoms in total. The molecule has 1 fully saturated rings.